The largest absolute Gasteiger partial charge is 0.416 e. The van der Waals surface area contributed by atoms with Gasteiger partial charge in [0.25, 0.3) is 0 Å². The van der Waals surface area contributed by atoms with Gasteiger partial charge in [-0.25, -0.2) is 0 Å². The molecule has 2 aromatic rings. The minimum Gasteiger partial charge on any atom is -0.378 e. The van der Waals surface area contributed by atoms with Gasteiger partial charge in [0.2, 0.25) is 0 Å². The maximum absolute atomic E-state index is 13.5. The lowest BCUT2D eigenvalue weighted by atomic mass is 9.76. The van der Waals surface area contributed by atoms with Gasteiger partial charge in [-0.1, -0.05) is 37.3 Å². The molecule has 7 heteroatoms. The summed E-state index contributed by atoms with van der Waals surface area (Å²) >= 11 is 0. The van der Waals surface area contributed by atoms with Crippen LogP contribution in [0.25, 0.3) is 0 Å². The van der Waals surface area contributed by atoms with Crippen LogP contribution in [0.15, 0.2) is 59.9 Å². The maximum Gasteiger partial charge on any atom is 0.416 e. The van der Waals surface area contributed by atoms with E-state index in [-0.39, 0.29) is 29.7 Å². The molecule has 0 spiro atoms. The number of nitrogens with one attached hydrogen (secondary N) is 1. The number of hydroxylamine groups is 2. The number of benzene rings is 2. The summed E-state index contributed by atoms with van der Waals surface area (Å²) in [6, 6.07) is 14.5. The Labute approximate surface area is 206 Å². The van der Waals surface area contributed by atoms with E-state index in [2.05, 4.69) is 62.3 Å². The maximum atomic E-state index is 13.5. The summed E-state index contributed by atoms with van der Waals surface area (Å²) in [6.45, 7) is 10.0. The molecule has 0 aliphatic carbocycles. The number of rotatable bonds is 5. The second-order valence-electron chi connectivity index (χ2n) is 10.2. The van der Waals surface area contributed by atoms with Gasteiger partial charge in [-0.3, -0.25) is 0 Å². The summed E-state index contributed by atoms with van der Waals surface area (Å²) < 4.78 is 40.5. The molecule has 1 fully saturated rings. The lowest BCUT2D eigenvalue weighted by molar-refractivity contribution is -0.138. The van der Waals surface area contributed by atoms with Gasteiger partial charge in [-0.05, 0) is 88.0 Å². The fourth-order valence-electron chi connectivity index (χ4n) is 5.49. The van der Waals surface area contributed by atoms with Crippen LogP contribution >= 0.6 is 0 Å². The average molecular weight is 488 g/mol. The lowest BCUT2D eigenvalue weighted by Crippen LogP contribution is -2.53. The Kier molecular flexibility index (Phi) is 7.36. The van der Waals surface area contributed by atoms with Crippen LogP contribution < -0.4 is 10.2 Å². The molecule has 2 aliphatic rings. The molecule has 1 saturated heterocycles. The normalized spacial score (nSPS) is 26.1. The van der Waals surface area contributed by atoms with Crippen LogP contribution in [0.3, 0.4) is 0 Å². The van der Waals surface area contributed by atoms with Gasteiger partial charge < -0.3 is 15.1 Å². The third kappa shape index (κ3) is 5.61. The second-order valence-corrected chi connectivity index (χ2v) is 10.2. The smallest absolute Gasteiger partial charge is 0.378 e. The molecule has 190 valence electrons. The molecule has 4 atom stereocenters. The molecule has 35 heavy (non-hydrogen) atoms. The van der Waals surface area contributed by atoms with Crippen molar-refractivity contribution >= 4 is 0 Å². The first-order chi connectivity index (χ1) is 16.5. The van der Waals surface area contributed by atoms with Gasteiger partial charge in [-0.2, -0.15) is 18.2 Å². The Morgan fingerprint density at radius 2 is 1.74 bits per heavy atom. The number of hydrogen-bond acceptors (Lipinski definition) is 4. The van der Waals surface area contributed by atoms with Gasteiger partial charge in [0.15, 0.2) is 5.75 Å². The summed E-state index contributed by atoms with van der Waals surface area (Å²) in [5.74, 6) is 1.42. The molecule has 4 rings (SSSR count). The molecule has 0 amide bonds. The number of halogens is 3. The Morgan fingerprint density at radius 1 is 1.03 bits per heavy atom. The monoisotopic (exact) mass is 487 g/mol. The fourth-order valence-corrected chi connectivity index (χ4v) is 5.49. The second kappa shape index (κ2) is 10.1. The van der Waals surface area contributed by atoms with E-state index in [0.717, 1.165) is 49.5 Å². The van der Waals surface area contributed by atoms with Crippen molar-refractivity contribution in [3.8, 4) is 5.75 Å². The number of likely N-dealkylation sites (tertiary alicyclic amines) is 1. The molecular weight excluding hydrogens is 451 g/mol. The van der Waals surface area contributed by atoms with E-state index < -0.39 is 11.7 Å². The first-order valence-corrected chi connectivity index (χ1v) is 12.4. The fraction of sp³-hybridized carbons (Fsp3) is 0.500. The van der Waals surface area contributed by atoms with Gasteiger partial charge in [0.05, 0.1) is 11.6 Å². The van der Waals surface area contributed by atoms with Crippen LogP contribution in [0.1, 0.15) is 56.2 Å². The van der Waals surface area contributed by atoms with Gasteiger partial charge in [0, 0.05) is 18.5 Å². The molecule has 0 bridgehead atoms. The van der Waals surface area contributed by atoms with E-state index in [0.29, 0.717) is 5.56 Å². The van der Waals surface area contributed by atoms with Crippen molar-refractivity contribution in [2.75, 3.05) is 20.1 Å². The Bertz CT molecular complexity index is 1050. The van der Waals surface area contributed by atoms with E-state index in [9.17, 15) is 13.2 Å². The topological polar surface area (TPSA) is 27.7 Å². The first kappa shape index (κ1) is 25.4. The number of nitrogens with zero attached hydrogens (tertiary/aromatic N) is 2. The average Bonchev–Trinajstić information content (AvgIpc) is 2.80. The van der Waals surface area contributed by atoms with E-state index in [4.69, 9.17) is 4.84 Å². The van der Waals surface area contributed by atoms with Crippen molar-refractivity contribution in [1.29, 1.82) is 0 Å². The van der Waals surface area contributed by atoms with Crippen LogP contribution in [0.5, 0.6) is 5.75 Å². The van der Waals surface area contributed by atoms with E-state index in [1.807, 2.05) is 11.1 Å². The summed E-state index contributed by atoms with van der Waals surface area (Å²) in [4.78, 5) is 8.60. The summed E-state index contributed by atoms with van der Waals surface area (Å²) in [5.41, 5.74) is 2.19. The summed E-state index contributed by atoms with van der Waals surface area (Å²) in [7, 11) is 2.12. The van der Waals surface area contributed by atoms with Crippen molar-refractivity contribution in [3.05, 3.63) is 76.6 Å². The van der Waals surface area contributed by atoms with Crippen LogP contribution in [0, 0.1) is 12.8 Å². The van der Waals surface area contributed by atoms with Crippen LogP contribution in [-0.4, -0.2) is 42.2 Å². The Hall–Kier alpha value is -2.67. The molecule has 0 aromatic heterocycles. The molecular formula is C28H36F3N3O. The number of aryl methyl sites for hydroxylation is 1. The minimum atomic E-state index is -4.43. The standard InChI is InChI=1S/C28H36F3N3O/c1-18-14-23(28(29,30)31)16-25(15-18)35-34-21(4)19(2)26(22-10-7-6-8-11-22)20(3)27(34)32-24-12-9-13-33(5)17-24/h6-8,10-11,14-16,19,21,24,26,32H,9,12-13,17H2,1-5H3/t19?,21?,24-,26?/m1/s1. The predicted octanol–water partition coefficient (Wildman–Crippen LogP) is 6.35. The molecule has 0 saturated carbocycles. The van der Waals surface area contributed by atoms with E-state index in [1.165, 1.54) is 5.56 Å². The predicted molar refractivity (Wildman–Crippen MR) is 133 cm³/mol. The molecule has 2 heterocycles. The van der Waals surface area contributed by atoms with Gasteiger partial charge in [0.1, 0.15) is 5.82 Å². The third-order valence-corrected chi connectivity index (χ3v) is 7.42. The van der Waals surface area contributed by atoms with Crippen molar-refractivity contribution in [2.45, 2.75) is 64.7 Å². The molecule has 0 radical (unpaired) electrons. The molecule has 4 nitrogen and oxygen atoms in total. The molecule has 2 aromatic carbocycles. The van der Waals surface area contributed by atoms with E-state index in [1.54, 1.807) is 13.0 Å². The van der Waals surface area contributed by atoms with Crippen LogP contribution in [-0.2, 0) is 6.18 Å². The zero-order valence-electron chi connectivity index (χ0n) is 21.2. The number of alkyl halides is 3. The summed E-state index contributed by atoms with van der Waals surface area (Å²) in [6.07, 6.45) is -2.29. The number of piperidine rings is 1. The van der Waals surface area contributed by atoms with Crippen molar-refractivity contribution in [2.24, 2.45) is 5.92 Å². The van der Waals surface area contributed by atoms with Gasteiger partial charge >= 0.3 is 6.18 Å². The highest BCUT2D eigenvalue weighted by Crippen LogP contribution is 2.43. The summed E-state index contributed by atoms with van der Waals surface area (Å²) in [5, 5.41) is 5.54. The SMILES string of the molecule is CC1=C(N[C@@H]2CCCN(C)C2)N(Oc2cc(C)cc(C(F)(F)F)c2)C(C)C(C)C1c1ccccc1. The van der Waals surface area contributed by atoms with E-state index >= 15 is 0 Å². The highest BCUT2D eigenvalue weighted by Gasteiger charge is 2.40. The zero-order valence-corrected chi connectivity index (χ0v) is 21.2. The number of allylic oxidation sites excluding steroid dienone is 1. The first-order valence-electron chi connectivity index (χ1n) is 12.4. The molecule has 3 unspecified atom stereocenters. The number of hydrogen-bond donors (Lipinski definition) is 1. The number of likely N-dealkylation sites (N-methyl/N-ethyl adjacent to an activating group) is 1. The minimum absolute atomic E-state index is 0.0671. The molecule has 2 aliphatic heterocycles. The Morgan fingerprint density at radius 3 is 2.40 bits per heavy atom. The van der Waals surface area contributed by atoms with Crippen LogP contribution in [0.4, 0.5) is 13.2 Å². The van der Waals surface area contributed by atoms with Crippen molar-refractivity contribution in [1.82, 2.24) is 15.3 Å². The highest BCUT2D eigenvalue weighted by atomic mass is 19.4. The quantitative estimate of drug-likeness (QED) is 0.532. The molecule has 1 N–H and O–H groups in total. The highest BCUT2D eigenvalue weighted by molar-refractivity contribution is 5.37. The Balaban J connectivity index is 1.74. The lowest BCUT2D eigenvalue weighted by Gasteiger charge is -2.46. The van der Waals surface area contributed by atoms with Crippen molar-refractivity contribution < 1.29 is 18.0 Å². The van der Waals surface area contributed by atoms with Crippen LogP contribution in [0.2, 0.25) is 0 Å². The zero-order chi connectivity index (χ0) is 25.3. The van der Waals surface area contributed by atoms with Gasteiger partial charge in [-0.15, -0.1) is 0 Å². The third-order valence-electron chi connectivity index (χ3n) is 7.42. The van der Waals surface area contributed by atoms with Crippen molar-refractivity contribution in [3.63, 3.8) is 0 Å².